The van der Waals surface area contributed by atoms with Gasteiger partial charge in [-0.2, -0.15) is 0 Å². The first-order valence-electron chi connectivity index (χ1n) is 7.81. The van der Waals surface area contributed by atoms with Crippen molar-refractivity contribution < 1.29 is 4.79 Å². The molecule has 3 nitrogen and oxygen atoms in total. The molecular formula is C15H26N2O. The molecule has 102 valence electrons. The highest BCUT2D eigenvalue weighted by Gasteiger charge is 2.44. The first kappa shape index (κ1) is 12.5. The molecular weight excluding hydrogens is 224 g/mol. The maximum Gasteiger partial charge on any atom is 0.239 e. The fraction of sp³-hybridized carbons (Fsp3) is 0.933. The van der Waals surface area contributed by atoms with Crippen molar-refractivity contribution in [2.75, 3.05) is 19.6 Å². The van der Waals surface area contributed by atoms with Crippen molar-refractivity contribution in [1.82, 2.24) is 10.2 Å². The summed E-state index contributed by atoms with van der Waals surface area (Å²) in [4.78, 5) is 14.4. The van der Waals surface area contributed by atoms with Crippen molar-refractivity contribution in [2.24, 2.45) is 17.8 Å². The normalized spacial score (nSPS) is 28.4. The molecule has 0 aromatic heterocycles. The summed E-state index contributed by atoms with van der Waals surface area (Å²) >= 11 is 0. The summed E-state index contributed by atoms with van der Waals surface area (Å²) in [5, 5.41) is 3.38. The molecule has 2 saturated carbocycles. The Morgan fingerprint density at radius 3 is 2.44 bits per heavy atom. The predicted molar refractivity (Wildman–Crippen MR) is 72.2 cm³/mol. The number of nitrogens with zero attached hydrogens (tertiary/aromatic N) is 1. The van der Waals surface area contributed by atoms with Gasteiger partial charge in [0, 0.05) is 13.1 Å². The minimum absolute atomic E-state index is 0.115. The zero-order valence-electron chi connectivity index (χ0n) is 11.5. The maximum absolute atomic E-state index is 12.3. The topological polar surface area (TPSA) is 32.3 Å². The predicted octanol–water partition coefficient (Wildman–Crippen LogP) is 2.02. The van der Waals surface area contributed by atoms with Crippen LogP contribution in [0.5, 0.6) is 0 Å². The third-order valence-electron chi connectivity index (χ3n) is 4.82. The fourth-order valence-electron chi connectivity index (χ4n) is 3.41. The van der Waals surface area contributed by atoms with E-state index < -0.39 is 0 Å². The number of amides is 1. The highest BCUT2D eigenvalue weighted by molar-refractivity contribution is 5.84. The molecule has 3 heteroatoms. The Morgan fingerprint density at radius 1 is 1.22 bits per heavy atom. The molecule has 2 aliphatic carbocycles. The molecule has 3 fully saturated rings. The molecule has 18 heavy (non-hydrogen) atoms. The van der Waals surface area contributed by atoms with Gasteiger partial charge in [0.25, 0.3) is 0 Å². The third-order valence-corrected chi connectivity index (χ3v) is 4.82. The van der Waals surface area contributed by atoms with Crippen LogP contribution in [-0.4, -0.2) is 36.5 Å². The number of rotatable bonds is 7. The molecule has 0 radical (unpaired) electrons. The zero-order chi connectivity index (χ0) is 12.5. The smallest absolute Gasteiger partial charge is 0.239 e. The second-order valence-electron chi connectivity index (χ2n) is 6.42. The van der Waals surface area contributed by atoms with Crippen LogP contribution < -0.4 is 5.32 Å². The maximum atomic E-state index is 12.3. The lowest BCUT2D eigenvalue weighted by molar-refractivity contribution is -0.130. The lowest BCUT2D eigenvalue weighted by Crippen LogP contribution is -2.40. The standard InChI is InChI=1S/C15H26N2O/c1-2-8-16-14-7-9-17(15(14)18)10-13(11-3-4-11)12-5-6-12/h11-14,16H,2-10H2,1H3. The largest absolute Gasteiger partial charge is 0.341 e. The van der Waals surface area contributed by atoms with Gasteiger partial charge in [-0.1, -0.05) is 6.92 Å². The van der Waals surface area contributed by atoms with Crippen LogP contribution in [0.25, 0.3) is 0 Å². The second-order valence-corrected chi connectivity index (χ2v) is 6.42. The van der Waals surface area contributed by atoms with E-state index in [0.29, 0.717) is 5.91 Å². The summed E-state index contributed by atoms with van der Waals surface area (Å²) in [5.74, 6) is 3.11. The van der Waals surface area contributed by atoms with Crippen LogP contribution in [0.1, 0.15) is 45.4 Å². The van der Waals surface area contributed by atoms with Crippen LogP contribution in [0.3, 0.4) is 0 Å². The van der Waals surface area contributed by atoms with Crippen molar-refractivity contribution in [3.63, 3.8) is 0 Å². The highest BCUT2D eigenvalue weighted by atomic mass is 16.2. The Bertz CT molecular complexity index is 298. The van der Waals surface area contributed by atoms with Gasteiger partial charge in [0.2, 0.25) is 5.91 Å². The molecule has 1 unspecified atom stereocenters. The van der Waals surface area contributed by atoms with Crippen LogP contribution >= 0.6 is 0 Å². The van der Waals surface area contributed by atoms with E-state index >= 15 is 0 Å². The molecule has 0 aromatic carbocycles. The van der Waals surface area contributed by atoms with Crippen LogP contribution in [-0.2, 0) is 4.79 Å². The monoisotopic (exact) mass is 250 g/mol. The number of likely N-dealkylation sites (tertiary alicyclic amines) is 1. The summed E-state index contributed by atoms with van der Waals surface area (Å²) in [6.07, 6.45) is 7.79. The van der Waals surface area contributed by atoms with Crippen molar-refractivity contribution in [3.05, 3.63) is 0 Å². The molecule has 1 heterocycles. The van der Waals surface area contributed by atoms with E-state index in [9.17, 15) is 4.79 Å². The number of nitrogens with one attached hydrogen (secondary N) is 1. The molecule has 0 aromatic rings. The Hall–Kier alpha value is -0.570. The van der Waals surface area contributed by atoms with Gasteiger partial charge in [0.05, 0.1) is 6.04 Å². The Morgan fingerprint density at radius 2 is 1.89 bits per heavy atom. The van der Waals surface area contributed by atoms with E-state index in [4.69, 9.17) is 0 Å². The fourth-order valence-corrected chi connectivity index (χ4v) is 3.41. The SMILES string of the molecule is CCCNC1CCN(CC(C2CC2)C2CC2)C1=O. The van der Waals surface area contributed by atoms with Crippen molar-refractivity contribution in [3.8, 4) is 0 Å². The molecule has 1 aliphatic heterocycles. The van der Waals surface area contributed by atoms with Gasteiger partial charge in [-0.05, 0) is 62.8 Å². The van der Waals surface area contributed by atoms with Crippen LogP contribution in [0.4, 0.5) is 0 Å². The highest BCUT2D eigenvalue weighted by Crippen LogP contribution is 2.49. The Balaban J connectivity index is 1.51. The minimum atomic E-state index is 0.115. The quantitative estimate of drug-likeness (QED) is 0.750. The van der Waals surface area contributed by atoms with E-state index in [-0.39, 0.29) is 6.04 Å². The second kappa shape index (κ2) is 5.20. The Labute approximate surface area is 110 Å². The van der Waals surface area contributed by atoms with Gasteiger partial charge in [0.1, 0.15) is 0 Å². The molecule has 1 amide bonds. The minimum Gasteiger partial charge on any atom is -0.341 e. The van der Waals surface area contributed by atoms with Gasteiger partial charge < -0.3 is 10.2 Å². The van der Waals surface area contributed by atoms with Gasteiger partial charge >= 0.3 is 0 Å². The van der Waals surface area contributed by atoms with E-state index in [1.54, 1.807) is 0 Å². The molecule has 1 N–H and O–H groups in total. The third kappa shape index (κ3) is 2.71. The number of carbonyl (C=O) groups excluding carboxylic acids is 1. The summed E-state index contributed by atoms with van der Waals surface area (Å²) in [5.41, 5.74) is 0. The van der Waals surface area contributed by atoms with Crippen molar-refractivity contribution in [2.45, 2.75) is 51.5 Å². The molecule has 0 bridgehead atoms. The molecule has 1 saturated heterocycles. The molecule has 3 rings (SSSR count). The molecule has 0 spiro atoms. The van der Waals surface area contributed by atoms with Crippen LogP contribution in [0.15, 0.2) is 0 Å². The molecule has 3 aliphatic rings. The lowest BCUT2D eigenvalue weighted by Gasteiger charge is -2.24. The van der Waals surface area contributed by atoms with E-state index in [2.05, 4.69) is 17.1 Å². The van der Waals surface area contributed by atoms with Gasteiger partial charge in [-0.25, -0.2) is 0 Å². The van der Waals surface area contributed by atoms with E-state index in [1.165, 1.54) is 25.7 Å². The number of hydrogen-bond donors (Lipinski definition) is 1. The lowest BCUT2D eigenvalue weighted by atomic mass is 9.97. The first-order valence-corrected chi connectivity index (χ1v) is 7.81. The van der Waals surface area contributed by atoms with Gasteiger partial charge in [0.15, 0.2) is 0 Å². The summed E-state index contributed by atoms with van der Waals surface area (Å²) in [6, 6.07) is 0.115. The van der Waals surface area contributed by atoms with Gasteiger partial charge in [-0.3, -0.25) is 4.79 Å². The van der Waals surface area contributed by atoms with Crippen LogP contribution in [0, 0.1) is 17.8 Å². The summed E-state index contributed by atoms with van der Waals surface area (Å²) in [6.45, 7) is 5.16. The van der Waals surface area contributed by atoms with Gasteiger partial charge in [-0.15, -0.1) is 0 Å². The number of carbonyl (C=O) groups is 1. The Kier molecular flexibility index (Phi) is 3.60. The summed E-state index contributed by atoms with van der Waals surface area (Å²) < 4.78 is 0. The molecule has 1 atom stereocenters. The number of hydrogen-bond acceptors (Lipinski definition) is 2. The zero-order valence-corrected chi connectivity index (χ0v) is 11.5. The average Bonchev–Trinajstić information content (AvgIpc) is 3.26. The van der Waals surface area contributed by atoms with E-state index in [1.807, 2.05) is 0 Å². The van der Waals surface area contributed by atoms with E-state index in [0.717, 1.165) is 50.2 Å². The average molecular weight is 250 g/mol. The summed E-state index contributed by atoms with van der Waals surface area (Å²) in [7, 11) is 0. The van der Waals surface area contributed by atoms with Crippen molar-refractivity contribution in [1.29, 1.82) is 0 Å². The first-order chi connectivity index (χ1) is 8.79. The van der Waals surface area contributed by atoms with Crippen molar-refractivity contribution >= 4 is 5.91 Å². The van der Waals surface area contributed by atoms with Crippen LogP contribution in [0.2, 0.25) is 0 Å².